The van der Waals surface area contributed by atoms with Crippen LogP contribution in [0.1, 0.15) is 43.4 Å². The number of piperidine rings is 1. The second-order valence-electron chi connectivity index (χ2n) is 7.31. The predicted octanol–water partition coefficient (Wildman–Crippen LogP) is 3.02. The van der Waals surface area contributed by atoms with Crippen molar-refractivity contribution in [1.29, 1.82) is 5.26 Å². The highest BCUT2D eigenvalue weighted by molar-refractivity contribution is 8.26. The van der Waals surface area contributed by atoms with Gasteiger partial charge in [-0.3, -0.25) is 19.1 Å². The zero-order valence-electron chi connectivity index (χ0n) is 16.6. The van der Waals surface area contributed by atoms with Crippen molar-refractivity contribution in [3.63, 3.8) is 0 Å². The smallest absolute Gasteiger partial charge is 0.270 e. The van der Waals surface area contributed by atoms with E-state index in [1.54, 1.807) is 29.5 Å². The molecule has 0 bridgehead atoms. The SMILES string of the molecule is CCN1C(=O)/C(=C/c2c(C)c(C#N)c(=O)n(C)c2N2CCC(C)CC2)SC1=S. The Morgan fingerprint density at radius 3 is 2.50 bits per heavy atom. The Balaban J connectivity index is 2.19. The Bertz CT molecular complexity index is 966. The van der Waals surface area contributed by atoms with E-state index in [0.717, 1.165) is 37.3 Å². The topological polar surface area (TPSA) is 69.3 Å². The third kappa shape index (κ3) is 3.49. The number of anilines is 1. The number of rotatable bonds is 3. The van der Waals surface area contributed by atoms with E-state index in [1.165, 1.54) is 11.8 Å². The first-order valence-corrected chi connectivity index (χ1v) is 10.7. The number of carbonyl (C=O) groups is 1. The summed E-state index contributed by atoms with van der Waals surface area (Å²) in [4.78, 5) is 29.7. The number of nitriles is 1. The number of aromatic nitrogens is 1. The molecule has 8 heteroatoms. The molecular weight excluding hydrogens is 392 g/mol. The minimum atomic E-state index is -0.299. The quantitative estimate of drug-likeness (QED) is 0.557. The van der Waals surface area contributed by atoms with Gasteiger partial charge in [-0.25, -0.2) is 0 Å². The van der Waals surface area contributed by atoms with E-state index in [9.17, 15) is 14.9 Å². The maximum absolute atomic E-state index is 12.7. The van der Waals surface area contributed by atoms with Crippen LogP contribution in [-0.2, 0) is 11.8 Å². The van der Waals surface area contributed by atoms with E-state index < -0.39 is 0 Å². The van der Waals surface area contributed by atoms with Gasteiger partial charge >= 0.3 is 0 Å². The van der Waals surface area contributed by atoms with Gasteiger partial charge in [-0.2, -0.15) is 5.26 Å². The van der Waals surface area contributed by atoms with Gasteiger partial charge in [0, 0.05) is 32.2 Å². The molecule has 0 aromatic carbocycles. The van der Waals surface area contributed by atoms with Crippen LogP contribution in [0, 0.1) is 24.2 Å². The lowest BCUT2D eigenvalue weighted by Crippen LogP contribution is -2.38. The highest BCUT2D eigenvalue weighted by atomic mass is 32.2. The van der Waals surface area contributed by atoms with Crippen molar-refractivity contribution in [1.82, 2.24) is 9.47 Å². The van der Waals surface area contributed by atoms with Crippen LogP contribution in [-0.4, -0.2) is 39.3 Å². The van der Waals surface area contributed by atoms with Crippen LogP contribution >= 0.6 is 24.0 Å². The van der Waals surface area contributed by atoms with Gasteiger partial charge in [0.1, 0.15) is 21.8 Å². The largest absolute Gasteiger partial charge is 0.357 e. The van der Waals surface area contributed by atoms with E-state index in [0.29, 0.717) is 27.3 Å². The first kappa shape index (κ1) is 20.6. The van der Waals surface area contributed by atoms with Crippen LogP contribution in [0.5, 0.6) is 0 Å². The highest BCUT2D eigenvalue weighted by Gasteiger charge is 2.32. The average Bonchev–Trinajstić information content (AvgIpc) is 2.94. The van der Waals surface area contributed by atoms with Crippen molar-refractivity contribution in [2.75, 3.05) is 24.5 Å². The third-order valence-corrected chi connectivity index (χ3v) is 6.89. The number of hydrogen-bond acceptors (Lipinski definition) is 6. The normalized spacial score (nSPS) is 19.6. The van der Waals surface area contributed by atoms with Gasteiger partial charge in [-0.1, -0.05) is 30.9 Å². The molecular formula is C20H24N4O2S2. The minimum Gasteiger partial charge on any atom is -0.357 e. The average molecular weight is 417 g/mol. The van der Waals surface area contributed by atoms with Gasteiger partial charge in [0.25, 0.3) is 11.5 Å². The van der Waals surface area contributed by atoms with Crippen LogP contribution in [0.2, 0.25) is 0 Å². The lowest BCUT2D eigenvalue weighted by Gasteiger charge is -2.34. The fourth-order valence-electron chi connectivity index (χ4n) is 3.72. The summed E-state index contributed by atoms with van der Waals surface area (Å²) in [6.07, 6.45) is 3.90. The van der Waals surface area contributed by atoms with Crippen molar-refractivity contribution in [3.8, 4) is 6.07 Å². The molecule has 2 aliphatic rings. The predicted molar refractivity (Wildman–Crippen MR) is 117 cm³/mol. The summed E-state index contributed by atoms with van der Waals surface area (Å²) < 4.78 is 2.09. The molecule has 6 nitrogen and oxygen atoms in total. The molecule has 1 aromatic heterocycles. The Kier molecular flexibility index (Phi) is 5.96. The molecule has 2 fully saturated rings. The molecule has 148 valence electrons. The summed E-state index contributed by atoms with van der Waals surface area (Å²) in [5, 5.41) is 9.52. The fourth-order valence-corrected chi connectivity index (χ4v) is 5.08. The molecule has 1 aromatic rings. The monoisotopic (exact) mass is 416 g/mol. The molecule has 3 rings (SSSR count). The summed E-state index contributed by atoms with van der Waals surface area (Å²) >= 11 is 6.59. The zero-order chi connectivity index (χ0) is 20.6. The number of nitrogens with zero attached hydrogens (tertiary/aromatic N) is 4. The van der Waals surface area contributed by atoms with Gasteiger partial charge in [0.15, 0.2) is 0 Å². The zero-order valence-corrected chi connectivity index (χ0v) is 18.2. The van der Waals surface area contributed by atoms with Gasteiger partial charge in [0.2, 0.25) is 0 Å². The van der Waals surface area contributed by atoms with E-state index in [1.807, 2.05) is 13.0 Å². The van der Waals surface area contributed by atoms with Crippen molar-refractivity contribution in [2.45, 2.75) is 33.6 Å². The summed E-state index contributed by atoms with van der Waals surface area (Å²) in [5.74, 6) is 1.30. The molecule has 2 aliphatic heterocycles. The molecule has 0 radical (unpaired) electrons. The maximum Gasteiger partial charge on any atom is 0.270 e. The number of pyridine rings is 1. The molecule has 0 N–H and O–H groups in total. The molecule has 2 saturated heterocycles. The summed E-state index contributed by atoms with van der Waals surface area (Å²) in [5.41, 5.74) is 1.19. The highest BCUT2D eigenvalue weighted by Crippen LogP contribution is 2.36. The molecule has 28 heavy (non-hydrogen) atoms. The van der Waals surface area contributed by atoms with Crippen molar-refractivity contribution >= 4 is 46.1 Å². The first-order chi connectivity index (χ1) is 13.3. The lowest BCUT2D eigenvalue weighted by atomic mass is 9.97. The van der Waals surface area contributed by atoms with Crippen LogP contribution in [0.15, 0.2) is 9.70 Å². The molecule has 0 atom stereocenters. The number of carbonyl (C=O) groups excluding carboxylic acids is 1. The maximum atomic E-state index is 12.7. The van der Waals surface area contributed by atoms with E-state index >= 15 is 0 Å². The van der Waals surface area contributed by atoms with Crippen molar-refractivity contribution < 1.29 is 4.79 Å². The van der Waals surface area contributed by atoms with Crippen molar-refractivity contribution in [2.24, 2.45) is 13.0 Å². The molecule has 3 heterocycles. The van der Waals surface area contributed by atoms with Crippen LogP contribution in [0.25, 0.3) is 6.08 Å². The van der Waals surface area contributed by atoms with Crippen LogP contribution in [0.4, 0.5) is 5.82 Å². The van der Waals surface area contributed by atoms with Gasteiger partial charge in [-0.15, -0.1) is 0 Å². The number of thioether (sulfide) groups is 1. The number of hydrogen-bond donors (Lipinski definition) is 0. The molecule has 1 amide bonds. The van der Waals surface area contributed by atoms with E-state index in [4.69, 9.17) is 12.2 Å². The molecule has 0 saturated carbocycles. The van der Waals surface area contributed by atoms with E-state index in [2.05, 4.69) is 11.8 Å². The summed E-state index contributed by atoms with van der Waals surface area (Å²) in [6, 6.07) is 2.04. The Morgan fingerprint density at radius 2 is 1.96 bits per heavy atom. The molecule has 0 spiro atoms. The standard InChI is InChI=1S/C20H24N4O2S2/c1-5-24-19(26)16(28-20(24)27)10-14-13(3)15(11-21)18(25)22(4)17(14)23-8-6-12(2)7-9-23/h10,12H,5-9H2,1-4H3/b16-10-. The minimum absolute atomic E-state index is 0.119. The second-order valence-corrected chi connectivity index (χ2v) is 8.98. The number of amides is 1. The van der Waals surface area contributed by atoms with E-state index in [-0.39, 0.29) is 17.0 Å². The van der Waals surface area contributed by atoms with Gasteiger partial charge < -0.3 is 4.90 Å². The van der Waals surface area contributed by atoms with Crippen LogP contribution in [0.3, 0.4) is 0 Å². The third-order valence-electron chi connectivity index (χ3n) is 5.52. The summed E-state index contributed by atoms with van der Waals surface area (Å²) in [7, 11) is 1.70. The first-order valence-electron chi connectivity index (χ1n) is 9.44. The Labute approximate surface area is 174 Å². The van der Waals surface area contributed by atoms with Gasteiger partial charge in [-0.05, 0) is 44.2 Å². The number of likely N-dealkylation sites (N-methyl/N-ethyl adjacent to an activating group) is 1. The number of thiocarbonyl (C=S) groups is 1. The molecule has 0 aliphatic carbocycles. The Morgan fingerprint density at radius 1 is 1.32 bits per heavy atom. The van der Waals surface area contributed by atoms with Crippen molar-refractivity contribution in [3.05, 3.63) is 31.9 Å². The second kappa shape index (κ2) is 8.10. The lowest BCUT2D eigenvalue weighted by molar-refractivity contribution is -0.121. The van der Waals surface area contributed by atoms with Crippen LogP contribution < -0.4 is 10.5 Å². The van der Waals surface area contributed by atoms with Gasteiger partial charge in [0.05, 0.1) is 4.91 Å². The fraction of sp³-hybridized carbons (Fsp3) is 0.500. The molecule has 0 unspecified atom stereocenters. The Hall–Kier alpha value is -2.11. The summed E-state index contributed by atoms with van der Waals surface area (Å²) in [6.45, 7) is 8.11.